The lowest BCUT2D eigenvalue weighted by atomic mass is 10.0. The number of benzene rings is 2. The lowest BCUT2D eigenvalue weighted by Gasteiger charge is -2.10. The molecule has 5 aromatic rings. The van der Waals surface area contributed by atoms with Crippen LogP contribution in [0.25, 0.3) is 33.3 Å². The third-order valence-corrected chi connectivity index (χ3v) is 5.44. The highest BCUT2D eigenvalue weighted by Crippen LogP contribution is 2.31. The Kier molecular flexibility index (Phi) is 4.14. The van der Waals surface area contributed by atoms with Gasteiger partial charge in [0.1, 0.15) is 28.2 Å². The maximum Gasteiger partial charge on any atom is 0.200 e. The van der Waals surface area contributed by atoms with Crippen molar-refractivity contribution < 1.29 is 4.42 Å². The number of thioether (sulfide) groups is 1. The van der Waals surface area contributed by atoms with E-state index in [1.54, 1.807) is 12.4 Å². The molecule has 0 bridgehead atoms. The molecule has 5 rings (SSSR count). The van der Waals surface area contributed by atoms with E-state index in [-0.39, 0.29) is 5.43 Å². The molecule has 0 saturated heterocycles. The molecule has 0 saturated carbocycles. The van der Waals surface area contributed by atoms with Gasteiger partial charge in [-0.25, -0.2) is 15.0 Å². The van der Waals surface area contributed by atoms with Crippen molar-refractivity contribution in [2.45, 2.75) is 10.8 Å². The molecule has 3 aromatic heterocycles. The summed E-state index contributed by atoms with van der Waals surface area (Å²) in [4.78, 5) is 29.0. The number of aromatic nitrogens is 4. The van der Waals surface area contributed by atoms with Crippen molar-refractivity contribution in [3.63, 3.8) is 0 Å². The quantitative estimate of drug-likeness (QED) is 0.364. The highest BCUT2D eigenvalue weighted by atomic mass is 32.2. The van der Waals surface area contributed by atoms with Crippen LogP contribution < -0.4 is 5.43 Å². The molecule has 3 heterocycles. The van der Waals surface area contributed by atoms with E-state index in [1.165, 1.54) is 18.1 Å². The lowest BCUT2D eigenvalue weighted by Crippen LogP contribution is -2.08. The van der Waals surface area contributed by atoms with Crippen LogP contribution in [0.1, 0.15) is 5.76 Å². The summed E-state index contributed by atoms with van der Waals surface area (Å²) in [7, 11) is 0. The summed E-state index contributed by atoms with van der Waals surface area (Å²) in [6.45, 7) is 0. The molecule has 0 radical (unpaired) electrons. The molecule has 0 aliphatic carbocycles. The number of imidazole rings is 1. The van der Waals surface area contributed by atoms with E-state index in [1.807, 2.05) is 48.5 Å². The van der Waals surface area contributed by atoms with Gasteiger partial charge in [-0.2, -0.15) is 0 Å². The first-order valence-electron chi connectivity index (χ1n) is 8.68. The summed E-state index contributed by atoms with van der Waals surface area (Å²) in [5, 5.41) is 1.31. The van der Waals surface area contributed by atoms with Gasteiger partial charge in [-0.3, -0.25) is 4.79 Å². The maximum absolute atomic E-state index is 13.2. The fourth-order valence-corrected chi connectivity index (χ4v) is 4.05. The molecule has 0 aliphatic heterocycles. The summed E-state index contributed by atoms with van der Waals surface area (Å²) in [6.07, 6.45) is 3.09. The minimum absolute atomic E-state index is 0.0312. The summed E-state index contributed by atoms with van der Waals surface area (Å²) in [6, 6.07) is 16.9. The van der Waals surface area contributed by atoms with E-state index in [4.69, 9.17) is 4.42 Å². The van der Waals surface area contributed by atoms with Gasteiger partial charge in [0, 0.05) is 0 Å². The number of para-hydroxylation sites is 1. The van der Waals surface area contributed by atoms with Crippen molar-refractivity contribution in [1.82, 2.24) is 19.9 Å². The molecule has 1 N–H and O–H groups in total. The standard InChI is InChI=1S/C21H14N4O2S/c26-19-14-8-4-5-9-15(14)27-16(17(19)13-6-2-1-3-7-13)10-28-21-18-20(23-11-22-18)24-12-25-21/h1-9,11-12H,10H2,(H,22,23,24,25). The summed E-state index contributed by atoms with van der Waals surface area (Å²) >= 11 is 1.47. The number of fused-ring (bicyclic) bond motifs is 2. The average molecular weight is 386 g/mol. The predicted molar refractivity (Wildman–Crippen MR) is 109 cm³/mol. The Balaban J connectivity index is 1.64. The van der Waals surface area contributed by atoms with Crippen LogP contribution in [0.5, 0.6) is 0 Å². The number of nitrogens with zero attached hydrogens (tertiary/aromatic N) is 3. The van der Waals surface area contributed by atoms with Crippen LogP contribution in [0.2, 0.25) is 0 Å². The minimum atomic E-state index is -0.0312. The van der Waals surface area contributed by atoms with Gasteiger partial charge in [-0.1, -0.05) is 54.2 Å². The maximum atomic E-state index is 13.2. The molecule has 0 amide bonds. The first-order chi connectivity index (χ1) is 13.8. The van der Waals surface area contributed by atoms with Gasteiger partial charge in [0.2, 0.25) is 5.43 Å². The smallest absolute Gasteiger partial charge is 0.200 e. The van der Waals surface area contributed by atoms with Gasteiger partial charge in [0.25, 0.3) is 0 Å². The second kappa shape index (κ2) is 6.94. The third kappa shape index (κ3) is 2.86. The van der Waals surface area contributed by atoms with E-state index in [0.717, 1.165) is 10.6 Å². The zero-order chi connectivity index (χ0) is 18.9. The molecular formula is C21H14N4O2S. The van der Waals surface area contributed by atoms with E-state index in [9.17, 15) is 4.79 Å². The average Bonchev–Trinajstić information content (AvgIpc) is 3.22. The number of aromatic amines is 1. The van der Waals surface area contributed by atoms with E-state index in [0.29, 0.717) is 39.2 Å². The van der Waals surface area contributed by atoms with Crippen molar-refractivity contribution in [3.8, 4) is 11.1 Å². The topological polar surface area (TPSA) is 84.7 Å². The number of nitrogens with one attached hydrogen (secondary N) is 1. The Labute approximate surface area is 163 Å². The van der Waals surface area contributed by atoms with Gasteiger partial charge in [0.05, 0.1) is 23.0 Å². The van der Waals surface area contributed by atoms with Gasteiger partial charge in [-0.15, -0.1) is 0 Å². The van der Waals surface area contributed by atoms with Crippen molar-refractivity contribution in [1.29, 1.82) is 0 Å². The Morgan fingerprint density at radius 2 is 1.79 bits per heavy atom. The van der Waals surface area contributed by atoms with Crippen LogP contribution in [0.15, 0.2) is 81.5 Å². The van der Waals surface area contributed by atoms with Crippen LogP contribution in [0, 0.1) is 0 Å². The SMILES string of the molecule is O=c1c(-c2ccccc2)c(CSc2ncnc3[nH]cnc23)oc2ccccc12. The Morgan fingerprint density at radius 3 is 2.68 bits per heavy atom. The van der Waals surface area contributed by atoms with Crippen LogP contribution in [0.4, 0.5) is 0 Å². The molecule has 136 valence electrons. The molecule has 0 fully saturated rings. The van der Waals surface area contributed by atoms with Crippen molar-refractivity contribution in [2.75, 3.05) is 0 Å². The van der Waals surface area contributed by atoms with Crippen molar-refractivity contribution >= 4 is 33.9 Å². The highest BCUT2D eigenvalue weighted by molar-refractivity contribution is 7.98. The molecule has 28 heavy (non-hydrogen) atoms. The van der Waals surface area contributed by atoms with Gasteiger partial charge >= 0.3 is 0 Å². The fourth-order valence-electron chi connectivity index (χ4n) is 3.17. The van der Waals surface area contributed by atoms with Gasteiger partial charge in [-0.05, 0) is 17.7 Å². The zero-order valence-electron chi connectivity index (χ0n) is 14.6. The molecule has 2 aromatic carbocycles. The first kappa shape index (κ1) is 16.7. The molecule has 0 atom stereocenters. The Bertz CT molecular complexity index is 1350. The van der Waals surface area contributed by atoms with Crippen molar-refractivity contribution in [3.05, 3.63) is 83.2 Å². The lowest BCUT2D eigenvalue weighted by molar-refractivity contribution is 0.562. The second-order valence-electron chi connectivity index (χ2n) is 6.16. The third-order valence-electron chi connectivity index (χ3n) is 4.46. The van der Waals surface area contributed by atoms with Crippen molar-refractivity contribution in [2.24, 2.45) is 0 Å². The first-order valence-corrected chi connectivity index (χ1v) is 9.67. The Hall–Kier alpha value is -3.45. The number of rotatable bonds is 4. The molecule has 0 unspecified atom stereocenters. The van der Waals surface area contributed by atoms with Gasteiger partial charge < -0.3 is 9.40 Å². The predicted octanol–water partition coefficient (Wildman–Crippen LogP) is 4.42. The van der Waals surface area contributed by atoms with Crippen LogP contribution in [0.3, 0.4) is 0 Å². The molecule has 7 heteroatoms. The highest BCUT2D eigenvalue weighted by Gasteiger charge is 2.17. The van der Waals surface area contributed by atoms with Gasteiger partial charge in [0.15, 0.2) is 5.65 Å². The number of hydrogen-bond donors (Lipinski definition) is 1. The zero-order valence-corrected chi connectivity index (χ0v) is 15.4. The number of hydrogen-bond acceptors (Lipinski definition) is 6. The summed E-state index contributed by atoms with van der Waals surface area (Å²) in [5.74, 6) is 1.06. The Morgan fingerprint density at radius 1 is 0.964 bits per heavy atom. The minimum Gasteiger partial charge on any atom is -0.459 e. The largest absolute Gasteiger partial charge is 0.459 e. The van der Waals surface area contributed by atoms with Crippen LogP contribution in [-0.4, -0.2) is 19.9 Å². The molecular weight excluding hydrogens is 372 g/mol. The van der Waals surface area contributed by atoms with Crippen LogP contribution in [-0.2, 0) is 5.75 Å². The number of H-pyrrole nitrogens is 1. The van der Waals surface area contributed by atoms with E-state index >= 15 is 0 Å². The fraction of sp³-hybridized carbons (Fsp3) is 0.0476. The summed E-state index contributed by atoms with van der Waals surface area (Å²) < 4.78 is 6.15. The second-order valence-corrected chi connectivity index (χ2v) is 7.12. The van der Waals surface area contributed by atoms with Crippen LogP contribution >= 0.6 is 11.8 Å². The molecule has 6 nitrogen and oxygen atoms in total. The normalized spacial score (nSPS) is 11.3. The van der Waals surface area contributed by atoms with E-state index in [2.05, 4.69) is 19.9 Å². The molecule has 0 aliphatic rings. The monoisotopic (exact) mass is 386 g/mol. The summed E-state index contributed by atoms with van der Waals surface area (Å²) in [5.41, 5.74) is 3.36. The molecule has 0 spiro atoms. The van der Waals surface area contributed by atoms with E-state index < -0.39 is 0 Å².